The number of benzene rings is 2. The average molecular weight is 361 g/mol. The lowest BCUT2D eigenvalue weighted by molar-refractivity contribution is 0.290. The van der Waals surface area contributed by atoms with E-state index in [1.165, 1.54) is 22.5 Å². The zero-order chi connectivity index (χ0) is 16.3. The standard InChI is InChI=1S/C19H25BrN2/c1-6-18(21(4)5)22(17-13-8-7-10-14(17)2)19-15(3)11-9-12-16(19)20/h7-13,18H,6H2,1-5H3. The summed E-state index contributed by atoms with van der Waals surface area (Å²) < 4.78 is 1.14. The topological polar surface area (TPSA) is 6.48 Å². The molecule has 1 atom stereocenters. The molecule has 1 unspecified atom stereocenters. The summed E-state index contributed by atoms with van der Waals surface area (Å²) in [6, 6.07) is 15.0. The van der Waals surface area contributed by atoms with Gasteiger partial charge in [0.2, 0.25) is 0 Å². The molecule has 0 radical (unpaired) electrons. The van der Waals surface area contributed by atoms with E-state index >= 15 is 0 Å². The lowest BCUT2D eigenvalue weighted by Crippen LogP contribution is -2.42. The second-order valence-corrected chi connectivity index (χ2v) is 6.77. The highest BCUT2D eigenvalue weighted by Crippen LogP contribution is 2.39. The van der Waals surface area contributed by atoms with Crippen molar-refractivity contribution in [3.8, 4) is 0 Å². The Morgan fingerprint density at radius 2 is 1.59 bits per heavy atom. The molecule has 0 fully saturated rings. The molecule has 2 rings (SSSR count). The predicted octanol–water partition coefficient (Wildman–Crippen LogP) is 5.50. The maximum Gasteiger partial charge on any atom is 0.0863 e. The Kier molecular flexibility index (Phi) is 5.65. The second-order valence-electron chi connectivity index (χ2n) is 5.91. The number of rotatable bonds is 5. The first-order chi connectivity index (χ1) is 10.5. The Bertz CT molecular complexity index is 617. The van der Waals surface area contributed by atoms with Gasteiger partial charge in [0.1, 0.15) is 0 Å². The molecule has 0 aliphatic carbocycles. The zero-order valence-electron chi connectivity index (χ0n) is 14.1. The van der Waals surface area contributed by atoms with Gasteiger partial charge in [0, 0.05) is 10.2 Å². The molecule has 0 bridgehead atoms. The maximum atomic E-state index is 3.76. The van der Waals surface area contributed by atoms with Crippen LogP contribution < -0.4 is 4.90 Å². The van der Waals surface area contributed by atoms with Gasteiger partial charge in [-0.1, -0.05) is 37.3 Å². The highest BCUT2D eigenvalue weighted by atomic mass is 79.9. The highest BCUT2D eigenvalue weighted by molar-refractivity contribution is 9.10. The normalized spacial score (nSPS) is 12.5. The molecule has 3 heteroatoms. The van der Waals surface area contributed by atoms with Crippen molar-refractivity contribution in [3.63, 3.8) is 0 Å². The van der Waals surface area contributed by atoms with Crippen LogP contribution in [-0.4, -0.2) is 25.2 Å². The van der Waals surface area contributed by atoms with Crippen LogP contribution in [0, 0.1) is 13.8 Å². The van der Waals surface area contributed by atoms with Gasteiger partial charge in [0.05, 0.1) is 11.9 Å². The van der Waals surface area contributed by atoms with Crippen LogP contribution >= 0.6 is 15.9 Å². The number of para-hydroxylation sites is 2. The third-order valence-electron chi connectivity index (χ3n) is 4.06. The first-order valence-electron chi connectivity index (χ1n) is 7.73. The molecule has 22 heavy (non-hydrogen) atoms. The van der Waals surface area contributed by atoms with Crippen molar-refractivity contribution < 1.29 is 0 Å². The van der Waals surface area contributed by atoms with Gasteiger partial charge in [-0.05, 0) is 73.6 Å². The van der Waals surface area contributed by atoms with Crippen LogP contribution in [0.4, 0.5) is 11.4 Å². The summed E-state index contributed by atoms with van der Waals surface area (Å²) in [5.74, 6) is 0. The smallest absolute Gasteiger partial charge is 0.0863 e. The molecular weight excluding hydrogens is 336 g/mol. The van der Waals surface area contributed by atoms with E-state index in [0.717, 1.165) is 10.9 Å². The first kappa shape index (κ1) is 17.0. The Hall–Kier alpha value is -1.32. The minimum Gasteiger partial charge on any atom is -0.324 e. The van der Waals surface area contributed by atoms with Crippen molar-refractivity contribution in [1.82, 2.24) is 4.90 Å². The fraction of sp³-hybridized carbons (Fsp3) is 0.368. The second kappa shape index (κ2) is 7.30. The molecule has 0 aromatic heterocycles. The molecule has 0 heterocycles. The van der Waals surface area contributed by atoms with Crippen LogP contribution in [0.5, 0.6) is 0 Å². The van der Waals surface area contributed by atoms with Crippen molar-refractivity contribution in [2.75, 3.05) is 19.0 Å². The fourth-order valence-corrected chi connectivity index (χ4v) is 3.63. The van der Waals surface area contributed by atoms with Crippen LogP contribution in [0.1, 0.15) is 24.5 Å². The molecular formula is C19H25BrN2. The van der Waals surface area contributed by atoms with Gasteiger partial charge in [-0.25, -0.2) is 0 Å². The van der Waals surface area contributed by atoms with E-state index in [1.807, 2.05) is 0 Å². The summed E-state index contributed by atoms with van der Waals surface area (Å²) in [6.07, 6.45) is 1.35. The molecule has 2 nitrogen and oxygen atoms in total. The number of hydrogen-bond acceptors (Lipinski definition) is 2. The Morgan fingerprint density at radius 1 is 0.955 bits per heavy atom. The summed E-state index contributed by atoms with van der Waals surface area (Å²) >= 11 is 3.76. The fourth-order valence-electron chi connectivity index (χ4n) is 2.97. The molecule has 0 saturated heterocycles. The van der Waals surface area contributed by atoms with Crippen LogP contribution in [-0.2, 0) is 0 Å². The minimum atomic E-state index is 0.304. The van der Waals surface area contributed by atoms with E-state index in [9.17, 15) is 0 Å². The van der Waals surface area contributed by atoms with Gasteiger partial charge in [0.15, 0.2) is 0 Å². The van der Waals surface area contributed by atoms with Crippen molar-refractivity contribution in [3.05, 3.63) is 58.1 Å². The number of nitrogens with zero attached hydrogens (tertiary/aromatic N) is 2. The first-order valence-corrected chi connectivity index (χ1v) is 8.53. The van der Waals surface area contributed by atoms with E-state index in [-0.39, 0.29) is 0 Å². The molecule has 0 amide bonds. The quantitative estimate of drug-likeness (QED) is 0.649. The largest absolute Gasteiger partial charge is 0.324 e. The van der Waals surface area contributed by atoms with Crippen molar-refractivity contribution in [2.24, 2.45) is 0 Å². The van der Waals surface area contributed by atoms with E-state index < -0.39 is 0 Å². The van der Waals surface area contributed by atoms with Gasteiger partial charge in [0.25, 0.3) is 0 Å². The van der Waals surface area contributed by atoms with Gasteiger partial charge in [-0.3, -0.25) is 4.90 Å². The summed E-state index contributed by atoms with van der Waals surface area (Å²) in [5.41, 5.74) is 5.08. The highest BCUT2D eigenvalue weighted by Gasteiger charge is 2.25. The molecule has 0 aliphatic rings. The van der Waals surface area contributed by atoms with Crippen LogP contribution in [0.3, 0.4) is 0 Å². The molecule has 0 N–H and O–H groups in total. The minimum absolute atomic E-state index is 0.304. The molecule has 0 aliphatic heterocycles. The summed E-state index contributed by atoms with van der Waals surface area (Å²) in [5, 5.41) is 0. The Balaban J connectivity index is 2.68. The third-order valence-corrected chi connectivity index (χ3v) is 4.70. The summed E-state index contributed by atoms with van der Waals surface area (Å²) in [4.78, 5) is 4.74. The number of hydrogen-bond donors (Lipinski definition) is 0. The maximum absolute atomic E-state index is 3.76. The summed E-state index contributed by atoms with van der Waals surface area (Å²) in [6.45, 7) is 6.59. The molecule has 118 valence electrons. The lowest BCUT2D eigenvalue weighted by atomic mass is 10.1. The average Bonchev–Trinajstić information content (AvgIpc) is 2.46. The zero-order valence-corrected chi connectivity index (χ0v) is 15.7. The van der Waals surface area contributed by atoms with Crippen molar-refractivity contribution >= 4 is 27.3 Å². The van der Waals surface area contributed by atoms with Gasteiger partial charge >= 0.3 is 0 Å². The van der Waals surface area contributed by atoms with E-state index in [4.69, 9.17) is 0 Å². The van der Waals surface area contributed by atoms with E-state index in [0.29, 0.717) is 6.17 Å². The van der Waals surface area contributed by atoms with Gasteiger partial charge < -0.3 is 4.90 Å². The molecule has 2 aromatic rings. The SMILES string of the molecule is CCC(N(C)C)N(c1ccccc1C)c1c(C)cccc1Br. The monoisotopic (exact) mass is 360 g/mol. The molecule has 2 aromatic carbocycles. The third kappa shape index (κ3) is 3.36. The van der Waals surface area contributed by atoms with E-state index in [2.05, 4.69) is 103 Å². The van der Waals surface area contributed by atoms with Crippen molar-refractivity contribution in [1.29, 1.82) is 0 Å². The Labute approximate surface area is 142 Å². The van der Waals surface area contributed by atoms with Crippen LogP contribution in [0.25, 0.3) is 0 Å². The van der Waals surface area contributed by atoms with Gasteiger partial charge in [-0.15, -0.1) is 0 Å². The lowest BCUT2D eigenvalue weighted by Gasteiger charge is -2.39. The molecule has 0 saturated carbocycles. The summed E-state index contributed by atoms with van der Waals surface area (Å²) in [7, 11) is 4.29. The number of anilines is 2. The van der Waals surface area contributed by atoms with Crippen LogP contribution in [0.2, 0.25) is 0 Å². The van der Waals surface area contributed by atoms with Gasteiger partial charge in [-0.2, -0.15) is 0 Å². The Morgan fingerprint density at radius 3 is 2.14 bits per heavy atom. The van der Waals surface area contributed by atoms with E-state index in [1.54, 1.807) is 0 Å². The van der Waals surface area contributed by atoms with Crippen molar-refractivity contribution in [2.45, 2.75) is 33.4 Å². The predicted molar refractivity (Wildman–Crippen MR) is 100.0 cm³/mol. The number of aryl methyl sites for hydroxylation is 2. The number of halogens is 1. The van der Waals surface area contributed by atoms with Crippen LogP contribution in [0.15, 0.2) is 46.9 Å². The molecule has 0 spiro atoms.